The minimum absolute atomic E-state index is 0.302. The van der Waals surface area contributed by atoms with E-state index in [2.05, 4.69) is 25.3 Å². The van der Waals surface area contributed by atoms with Gasteiger partial charge >= 0.3 is 0 Å². The van der Waals surface area contributed by atoms with Crippen LogP contribution in [0, 0.1) is 0 Å². The summed E-state index contributed by atoms with van der Waals surface area (Å²) in [5.74, 6) is 0. The maximum atomic E-state index is 11.0. The van der Waals surface area contributed by atoms with Crippen LogP contribution in [0.2, 0.25) is 0 Å². The van der Waals surface area contributed by atoms with Crippen LogP contribution in [0.5, 0.6) is 0 Å². The highest BCUT2D eigenvalue weighted by Gasteiger charge is 2.53. The number of fused-ring (bicyclic) bond motifs is 1. The average Bonchev–Trinajstić information content (AvgIpc) is 2.94. The van der Waals surface area contributed by atoms with E-state index in [1.807, 2.05) is 0 Å². The van der Waals surface area contributed by atoms with Gasteiger partial charge in [-0.2, -0.15) is 0 Å². The summed E-state index contributed by atoms with van der Waals surface area (Å²) in [4.78, 5) is 12.7. The summed E-state index contributed by atoms with van der Waals surface area (Å²) in [6.45, 7) is 9.93. The minimum Gasteiger partial charge on any atom is -0.778 e. The number of aliphatic hydroxyl groups excluding tert-OH is 3. The van der Waals surface area contributed by atoms with Gasteiger partial charge in [0, 0.05) is 6.16 Å². The first-order chi connectivity index (χ1) is 10.3. The molecular formula is C13H28NO7P. The summed E-state index contributed by atoms with van der Waals surface area (Å²) in [6.07, 6.45) is -5.48. The van der Waals surface area contributed by atoms with Gasteiger partial charge in [0.05, 0.1) is 32.3 Å². The van der Waals surface area contributed by atoms with E-state index in [1.54, 1.807) is 4.90 Å². The fourth-order valence-electron chi connectivity index (χ4n) is 2.66. The lowest BCUT2D eigenvalue weighted by molar-refractivity contribution is -0.894. The largest absolute Gasteiger partial charge is 0.778 e. The van der Waals surface area contributed by atoms with Crippen LogP contribution in [0.15, 0.2) is 0 Å². The van der Waals surface area contributed by atoms with Crippen LogP contribution in [0.4, 0.5) is 0 Å². The van der Waals surface area contributed by atoms with Gasteiger partial charge < -0.3 is 38.9 Å². The summed E-state index contributed by atoms with van der Waals surface area (Å²) in [5, 5.41) is 27.6. The Morgan fingerprint density at radius 3 is 2.23 bits per heavy atom. The van der Waals surface area contributed by atoms with Gasteiger partial charge in [0.1, 0.15) is 32.0 Å². The first-order valence-corrected chi connectivity index (χ1v) is 9.46. The molecule has 9 heteroatoms. The van der Waals surface area contributed by atoms with Gasteiger partial charge in [0.2, 0.25) is 0 Å². The molecule has 0 aromatic heterocycles. The molecule has 8 nitrogen and oxygen atoms in total. The number of rotatable bonds is 5. The molecule has 0 amide bonds. The summed E-state index contributed by atoms with van der Waals surface area (Å²) in [7, 11) is -3.90. The third-order valence-corrected chi connectivity index (χ3v) is 5.50. The predicted octanol–water partition coefficient (Wildman–Crippen LogP) is -2.65. The van der Waals surface area contributed by atoms with E-state index in [1.165, 1.54) is 19.6 Å². The van der Waals surface area contributed by atoms with Gasteiger partial charge in [-0.3, -0.25) is 0 Å². The number of hydrogen-bond acceptors (Lipinski definition) is 7. The Kier molecular flexibility index (Phi) is 7.91. The Morgan fingerprint density at radius 2 is 1.86 bits per heavy atom. The van der Waals surface area contributed by atoms with Gasteiger partial charge in [-0.05, 0) is 20.8 Å². The summed E-state index contributed by atoms with van der Waals surface area (Å²) in [6, 6.07) is 0. The molecule has 0 aliphatic carbocycles. The topological polar surface area (TPSA) is 124 Å². The van der Waals surface area contributed by atoms with Crippen molar-refractivity contribution < 1.29 is 38.9 Å². The van der Waals surface area contributed by atoms with E-state index >= 15 is 0 Å². The van der Waals surface area contributed by atoms with E-state index in [0.717, 1.165) is 0 Å². The molecule has 132 valence electrons. The van der Waals surface area contributed by atoms with Gasteiger partial charge in [-0.1, -0.05) is 0 Å². The fourth-order valence-corrected chi connectivity index (χ4v) is 4.12. The number of ether oxygens (including phenoxy) is 1. The number of hydrogen-bond donors (Lipinski definition) is 4. The van der Waals surface area contributed by atoms with Crippen LogP contribution in [0.3, 0.4) is 0 Å². The molecule has 2 aliphatic heterocycles. The molecule has 2 aliphatic rings. The van der Waals surface area contributed by atoms with E-state index in [9.17, 15) is 19.7 Å². The normalized spacial score (nSPS) is 38.5. The molecule has 0 aromatic carbocycles. The minimum atomic E-state index is -3.90. The number of quaternary nitrogens is 1. The standard InChI is InChI=1S/C7H13O7P.C6H15N/c8-1-3(9)6-5(10)7-4(13-6)2-15(11,12)14-7;1-4-7(5-2)6-3/h3-10H,1-2H2,(H,11,12);4-6H2,1-3H3/t3-,4-,5+,6+,7+;/m1./s1. The molecule has 4 N–H and O–H groups in total. The van der Waals surface area contributed by atoms with Crippen LogP contribution in [-0.4, -0.2) is 78.2 Å². The third kappa shape index (κ3) is 4.97. The maximum absolute atomic E-state index is 11.0. The van der Waals surface area contributed by atoms with Crippen molar-refractivity contribution in [1.29, 1.82) is 0 Å². The monoisotopic (exact) mass is 341 g/mol. The zero-order valence-electron chi connectivity index (χ0n) is 13.3. The van der Waals surface area contributed by atoms with Crippen LogP contribution in [-0.2, 0) is 13.8 Å². The SMILES string of the molecule is CC[NH+](CC)CC.O=P1([O-])C[C@H]2O[C@@H]([C@H](O)CO)[C@H](O)[C@H]2O1. The molecule has 0 aromatic rings. The van der Waals surface area contributed by atoms with Gasteiger partial charge in [0.15, 0.2) is 0 Å². The zero-order chi connectivity index (χ0) is 16.9. The Labute approximate surface area is 131 Å². The molecular weight excluding hydrogens is 313 g/mol. The van der Waals surface area contributed by atoms with Gasteiger partial charge in [-0.15, -0.1) is 0 Å². The molecule has 22 heavy (non-hydrogen) atoms. The van der Waals surface area contributed by atoms with Crippen LogP contribution < -0.4 is 9.79 Å². The van der Waals surface area contributed by atoms with Crippen LogP contribution >= 0.6 is 7.60 Å². The van der Waals surface area contributed by atoms with Gasteiger partial charge in [-0.25, -0.2) is 0 Å². The quantitative estimate of drug-likeness (QED) is 0.403. The summed E-state index contributed by atoms with van der Waals surface area (Å²) < 4.78 is 20.8. The van der Waals surface area contributed by atoms with Crippen molar-refractivity contribution in [3.8, 4) is 0 Å². The lowest BCUT2D eigenvalue weighted by Gasteiger charge is -2.24. The Bertz CT molecular complexity index is 374. The molecule has 0 radical (unpaired) electrons. The summed E-state index contributed by atoms with van der Waals surface area (Å²) in [5.41, 5.74) is 0. The van der Waals surface area contributed by atoms with E-state index < -0.39 is 44.7 Å². The molecule has 0 bridgehead atoms. The number of aliphatic hydroxyl groups is 3. The first kappa shape index (κ1) is 20.0. The number of nitrogens with one attached hydrogen (secondary N) is 1. The first-order valence-electron chi connectivity index (χ1n) is 7.74. The van der Waals surface area contributed by atoms with E-state index in [0.29, 0.717) is 0 Å². The molecule has 1 unspecified atom stereocenters. The van der Waals surface area contributed by atoms with Crippen molar-refractivity contribution in [2.24, 2.45) is 0 Å². The Hall–Kier alpha value is -0.0500. The lowest BCUT2D eigenvalue weighted by Crippen LogP contribution is -3.11. The van der Waals surface area contributed by atoms with Crippen LogP contribution in [0.1, 0.15) is 20.8 Å². The molecule has 2 heterocycles. The van der Waals surface area contributed by atoms with Crippen molar-refractivity contribution in [3.63, 3.8) is 0 Å². The molecule has 2 rings (SSSR count). The van der Waals surface area contributed by atoms with Gasteiger partial charge in [0.25, 0.3) is 0 Å². The smallest absolute Gasteiger partial charge is 0.138 e. The Morgan fingerprint density at radius 1 is 1.32 bits per heavy atom. The van der Waals surface area contributed by atoms with Crippen molar-refractivity contribution >= 4 is 7.60 Å². The van der Waals surface area contributed by atoms with Crippen molar-refractivity contribution in [2.45, 2.75) is 51.3 Å². The molecule has 0 spiro atoms. The van der Waals surface area contributed by atoms with E-state index in [4.69, 9.17) is 9.84 Å². The molecule has 2 saturated heterocycles. The summed E-state index contributed by atoms with van der Waals surface area (Å²) >= 11 is 0. The lowest BCUT2D eigenvalue weighted by atomic mass is 10.1. The van der Waals surface area contributed by atoms with Crippen LogP contribution in [0.25, 0.3) is 0 Å². The molecule has 6 atom stereocenters. The second-order valence-electron chi connectivity index (χ2n) is 5.55. The van der Waals surface area contributed by atoms with Crippen molar-refractivity contribution in [2.75, 3.05) is 32.4 Å². The maximum Gasteiger partial charge on any atom is 0.138 e. The predicted molar refractivity (Wildman–Crippen MR) is 77.7 cm³/mol. The second-order valence-corrected chi connectivity index (χ2v) is 7.35. The van der Waals surface area contributed by atoms with Crippen molar-refractivity contribution in [1.82, 2.24) is 0 Å². The highest BCUT2D eigenvalue weighted by atomic mass is 31.2. The van der Waals surface area contributed by atoms with E-state index in [-0.39, 0.29) is 6.16 Å². The highest BCUT2D eigenvalue weighted by molar-refractivity contribution is 7.51. The third-order valence-electron chi connectivity index (χ3n) is 4.12. The zero-order valence-corrected chi connectivity index (χ0v) is 14.2. The fraction of sp³-hybridized carbons (Fsp3) is 1.00. The average molecular weight is 341 g/mol. The molecule has 2 fully saturated rings. The highest BCUT2D eigenvalue weighted by Crippen LogP contribution is 2.51. The Balaban J connectivity index is 0.000000295. The molecule has 0 saturated carbocycles. The second kappa shape index (κ2) is 8.70. The van der Waals surface area contributed by atoms with Crippen molar-refractivity contribution in [3.05, 3.63) is 0 Å².